The number of hydrogen-bond donors (Lipinski definition) is 0. The number of urea groups is 1. The van der Waals surface area contributed by atoms with Crippen molar-refractivity contribution in [2.75, 3.05) is 25.5 Å². The smallest absolute Gasteiger partial charge is 0.435 e. The van der Waals surface area contributed by atoms with E-state index in [-0.39, 0.29) is 24.7 Å². The monoisotopic (exact) mass is 533 g/mol. The van der Waals surface area contributed by atoms with Gasteiger partial charge in [0.15, 0.2) is 11.5 Å². The zero-order valence-corrected chi connectivity index (χ0v) is 19.5. The second-order valence-electron chi connectivity index (χ2n) is 7.57. The first-order chi connectivity index (χ1) is 16.8. The molecule has 36 heavy (non-hydrogen) atoms. The number of anilines is 1. The van der Waals surface area contributed by atoms with Gasteiger partial charge in [-0.3, -0.25) is 4.90 Å². The van der Waals surface area contributed by atoms with Gasteiger partial charge in [-0.25, -0.2) is 19.7 Å². The molecular weight excluding hydrogens is 516 g/mol. The van der Waals surface area contributed by atoms with Crippen LogP contribution in [0.25, 0.3) is 0 Å². The van der Waals surface area contributed by atoms with Gasteiger partial charge in [0.05, 0.1) is 5.56 Å². The molecule has 3 rings (SSSR count). The summed E-state index contributed by atoms with van der Waals surface area (Å²) in [5.74, 6) is -0.135. The number of halogens is 7. The summed E-state index contributed by atoms with van der Waals surface area (Å²) in [5.41, 5.74) is -1.59. The van der Waals surface area contributed by atoms with Crippen LogP contribution in [0, 0.1) is 0 Å². The van der Waals surface area contributed by atoms with Crippen LogP contribution in [-0.4, -0.2) is 46.5 Å². The van der Waals surface area contributed by atoms with E-state index in [0.717, 1.165) is 17.0 Å². The average Bonchev–Trinajstić information content (AvgIpc) is 2.80. The third-order valence-electron chi connectivity index (χ3n) is 4.74. The minimum atomic E-state index is -4.83. The second-order valence-corrected chi connectivity index (χ2v) is 7.94. The Kier molecular flexibility index (Phi) is 7.92. The number of ether oxygens (including phenoxy) is 1. The zero-order chi connectivity index (χ0) is 26.7. The molecule has 0 radical (unpaired) electrons. The van der Waals surface area contributed by atoms with Gasteiger partial charge < -0.3 is 9.64 Å². The van der Waals surface area contributed by atoms with E-state index in [1.54, 1.807) is 12.1 Å². The molecule has 1 aromatic carbocycles. The first-order valence-electron chi connectivity index (χ1n) is 10.1. The fraction of sp³-hybridized carbons (Fsp3) is 0.273. The summed E-state index contributed by atoms with van der Waals surface area (Å²) < 4.78 is 83.0. The molecular formula is C22H18ClF6N5O2. The van der Waals surface area contributed by atoms with Crippen LogP contribution in [0.1, 0.15) is 16.8 Å². The van der Waals surface area contributed by atoms with Crippen LogP contribution in [0.4, 0.5) is 37.0 Å². The topological polar surface area (TPSA) is 71.5 Å². The third-order valence-corrected chi connectivity index (χ3v) is 5.09. The SMILES string of the molecule is CN(C)C(=O)N(CCc1ccc(Oc2ccc(C(F)(F)F)cn2)cc1)c1ncnc(C(F)(F)F)c1Cl. The van der Waals surface area contributed by atoms with Gasteiger partial charge in [0.1, 0.15) is 17.1 Å². The van der Waals surface area contributed by atoms with Gasteiger partial charge in [-0.2, -0.15) is 26.3 Å². The van der Waals surface area contributed by atoms with Crippen LogP contribution < -0.4 is 9.64 Å². The number of rotatable bonds is 6. The number of pyridine rings is 1. The van der Waals surface area contributed by atoms with Crippen molar-refractivity contribution >= 4 is 23.4 Å². The summed E-state index contributed by atoms with van der Waals surface area (Å²) in [6.45, 7) is -0.0638. The van der Waals surface area contributed by atoms with E-state index in [0.29, 0.717) is 23.8 Å². The summed E-state index contributed by atoms with van der Waals surface area (Å²) in [5, 5.41) is -0.798. The van der Waals surface area contributed by atoms with Gasteiger partial charge in [0.25, 0.3) is 0 Å². The molecule has 0 N–H and O–H groups in total. The normalized spacial score (nSPS) is 11.8. The van der Waals surface area contributed by atoms with Crippen molar-refractivity contribution in [3.63, 3.8) is 0 Å². The molecule has 0 atom stereocenters. The lowest BCUT2D eigenvalue weighted by Crippen LogP contribution is -2.41. The summed E-state index contributed by atoms with van der Waals surface area (Å²) in [7, 11) is 2.85. The zero-order valence-electron chi connectivity index (χ0n) is 18.7. The highest BCUT2D eigenvalue weighted by molar-refractivity contribution is 6.34. The molecule has 3 aromatic rings. The molecule has 192 valence electrons. The van der Waals surface area contributed by atoms with Crippen molar-refractivity contribution in [2.24, 2.45) is 0 Å². The van der Waals surface area contributed by atoms with E-state index in [1.807, 2.05) is 0 Å². The predicted molar refractivity (Wildman–Crippen MR) is 118 cm³/mol. The van der Waals surface area contributed by atoms with Crippen molar-refractivity contribution in [1.82, 2.24) is 19.9 Å². The molecule has 2 heterocycles. The van der Waals surface area contributed by atoms with Crippen molar-refractivity contribution in [2.45, 2.75) is 18.8 Å². The molecule has 14 heteroatoms. The van der Waals surface area contributed by atoms with E-state index in [2.05, 4.69) is 15.0 Å². The molecule has 7 nitrogen and oxygen atoms in total. The lowest BCUT2D eigenvalue weighted by molar-refractivity contribution is -0.141. The quantitative estimate of drug-likeness (QED) is 0.359. The van der Waals surface area contributed by atoms with Crippen molar-refractivity contribution in [3.8, 4) is 11.6 Å². The average molecular weight is 534 g/mol. The summed E-state index contributed by atoms with van der Waals surface area (Å²) in [6, 6.07) is 7.61. The maximum absolute atomic E-state index is 13.2. The fourth-order valence-electron chi connectivity index (χ4n) is 2.97. The fourth-order valence-corrected chi connectivity index (χ4v) is 3.28. The van der Waals surface area contributed by atoms with Crippen molar-refractivity contribution in [3.05, 3.63) is 70.8 Å². The molecule has 0 saturated carbocycles. The molecule has 0 unspecified atom stereocenters. The van der Waals surface area contributed by atoms with Crippen LogP contribution in [0.2, 0.25) is 5.02 Å². The number of aromatic nitrogens is 3. The van der Waals surface area contributed by atoms with Crippen molar-refractivity contribution < 1.29 is 35.9 Å². The first kappa shape index (κ1) is 27.0. The van der Waals surface area contributed by atoms with Gasteiger partial charge >= 0.3 is 18.4 Å². The molecule has 0 aliphatic carbocycles. The summed E-state index contributed by atoms with van der Waals surface area (Å²) in [6.07, 6.45) is -7.80. The Balaban J connectivity index is 1.74. The molecule has 0 spiro atoms. The van der Waals surface area contributed by atoms with E-state index >= 15 is 0 Å². The van der Waals surface area contributed by atoms with Crippen molar-refractivity contribution in [1.29, 1.82) is 0 Å². The number of alkyl halides is 6. The Morgan fingerprint density at radius 3 is 2.14 bits per heavy atom. The van der Waals surface area contributed by atoms with Crippen LogP contribution in [-0.2, 0) is 18.8 Å². The number of nitrogens with zero attached hydrogens (tertiary/aromatic N) is 5. The molecule has 0 saturated heterocycles. The molecule has 0 aliphatic rings. The van der Waals surface area contributed by atoms with Gasteiger partial charge in [0, 0.05) is 32.9 Å². The highest BCUT2D eigenvalue weighted by atomic mass is 35.5. The molecule has 2 amide bonds. The van der Waals surface area contributed by atoms with E-state index in [1.165, 1.54) is 31.1 Å². The number of carbonyl (C=O) groups excluding carboxylic acids is 1. The molecule has 0 bridgehead atoms. The van der Waals surface area contributed by atoms with E-state index in [9.17, 15) is 31.1 Å². The summed E-state index contributed by atoms with van der Waals surface area (Å²) in [4.78, 5) is 25.5. The lowest BCUT2D eigenvalue weighted by atomic mass is 10.1. The van der Waals surface area contributed by atoms with Crippen LogP contribution in [0.3, 0.4) is 0 Å². The maximum atomic E-state index is 13.2. The number of benzene rings is 1. The van der Waals surface area contributed by atoms with Gasteiger partial charge in [0.2, 0.25) is 5.88 Å². The van der Waals surface area contributed by atoms with E-state index < -0.39 is 34.7 Å². The van der Waals surface area contributed by atoms with Gasteiger partial charge in [-0.1, -0.05) is 23.7 Å². The van der Waals surface area contributed by atoms with Gasteiger partial charge in [-0.05, 0) is 30.2 Å². The molecule has 2 aromatic heterocycles. The van der Waals surface area contributed by atoms with Crippen LogP contribution >= 0.6 is 11.6 Å². The Labute approximate surface area is 206 Å². The van der Waals surface area contributed by atoms with E-state index in [4.69, 9.17) is 16.3 Å². The highest BCUT2D eigenvalue weighted by Gasteiger charge is 2.38. The van der Waals surface area contributed by atoms with Gasteiger partial charge in [-0.15, -0.1) is 0 Å². The maximum Gasteiger partial charge on any atom is 0.435 e. The Bertz CT molecular complexity index is 1200. The third kappa shape index (κ3) is 6.53. The predicted octanol–water partition coefficient (Wildman–Crippen LogP) is 6.09. The Morgan fingerprint density at radius 2 is 1.61 bits per heavy atom. The number of amides is 2. The minimum Gasteiger partial charge on any atom is -0.439 e. The van der Waals surface area contributed by atoms with Crippen LogP contribution in [0.5, 0.6) is 11.6 Å². The lowest BCUT2D eigenvalue weighted by Gasteiger charge is -2.26. The minimum absolute atomic E-state index is 0.0441. The number of carbonyl (C=O) groups is 1. The Hall–Kier alpha value is -3.61. The Morgan fingerprint density at radius 1 is 0.944 bits per heavy atom. The summed E-state index contributed by atoms with van der Waals surface area (Å²) >= 11 is 5.91. The highest BCUT2D eigenvalue weighted by Crippen LogP contribution is 2.37. The molecule has 0 fully saturated rings. The largest absolute Gasteiger partial charge is 0.439 e. The number of hydrogen-bond acceptors (Lipinski definition) is 5. The van der Waals surface area contributed by atoms with Crippen LogP contribution in [0.15, 0.2) is 48.9 Å². The first-order valence-corrected chi connectivity index (χ1v) is 10.5. The standard InChI is InChI=1S/C22H18ClF6N5O2/c1-33(2)20(35)34(19-17(23)18(22(27,28)29)31-12-32-19)10-9-13-3-6-15(7-4-13)36-16-8-5-14(11-30-16)21(24,25)26/h3-8,11-12H,9-10H2,1-2H3. The molecule has 0 aliphatic heterocycles. The second kappa shape index (κ2) is 10.6.